The number of nitrogens with zero attached hydrogens (tertiary/aromatic N) is 1. The van der Waals surface area contributed by atoms with E-state index in [4.69, 9.17) is 4.74 Å². The number of amides is 3. The topological polar surface area (TPSA) is 87.7 Å². The van der Waals surface area contributed by atoms with E-state index in [2.05, 4.69) is 10.6 Å². The summed E-state index contributed by atoms with van der Waals surface area (Å²) in [5.41, 5.74) is 2.71. The Bertz CT molecular complexity index is 970. The lowest BCUT2D eigenvalue weighted by molar-refractivity contribution is -0.183. The number of halogens is 3. The lowest BCUT2D eigenvalue weighted by Crippen LogP contribution is -2.52. The normalized spacial score (nSPS) is 28.8. The number of alkyl halides is 3. The third kappa shape index (κ3) is 6.45. The molecule has 0 bridgehead atoms. The van der Waals surface area contributed by atoms with Gasteiger partial charge in [0.1, 0.15) is 6.04 Å². The molecule has 2 saturated heterocycles. The Morgan fingerprint density at radius 2 is 1.78 bits per heavy atom. The van der Waals surface area contributed by atoms with Gasteiger partial charge in [-0.15, -0.1) is 0 Å². The van der Waals surface area contributed by atoms with E-state index in [1.807, 2.05) is 19.1 Å². The van der Waals surface area contributed by atoms with Crippen molar-refractivity contribution in [2.75, 3.05) is 13.2 Å². The van der Waals surface area contributed by atoms with Crippen LogP contribution in [0, 0.1) is 12.8 Å². The number of carbonyl (C=O) groups excluding carboxylic acids is 3. The molecule has 1 aliphatic carbocycles. The summed E-state index contributed by atoms with van der Waals surface area (Å²) in [6, 6.07) is 5.73. The number of imide groups is 1. The fourth-order valence-electron chi connectivity index (χ4n) is 5.50. The summed E-state index contributed by atoms with van der Waals surface area (Å²) in [4.78, 5) is 36.8. The summed E-state index contributed by atoms with van der Waals surface area (Å²) in [5, 5.41) is 5.73. The summed E-state index contributed by atoms with van der Waals surface area (Å²) in [6.45, 7) is 3.94. The molecular formula is C26H34F3N3O4. The van der Waals surface area contributed by atoms with Gasteiger partial charge in [-0.25, -0.2) is 0 Å². The van der Waals surface area contributed by atoms with Crippen molar-refractivity contribution in [3.05, 3.63) is 34.9 Å². The van der Waals surface area contributed by atoms with E-state index in [-0.39, 0.29) is 43.0 Å². The maximum absolute atomic E-state index is 12.5. The highest BCUT2D eigenvalue weighted by molar-refractivity contribution is 6.05. The molecule has 3 aliphatic heterocycles. The van der Waals surface area contributed by atoms with E-state index in [1.54, 1.807) is 11.0 Å². The molecule has 5 rings (SSSR count). The van der Waals surface area contributed by atoms with Gasteiger partial charge in [-0.1, -0.05) is 17.7 Å². The number of hydrogen-bond acceptors (Lipinski definition) is 5. The van der Waals surface area contributed by atoms with E-state index >= 15 is 0 Å². The second-order valence-electron chi connectivity index (χ2n) is 10.2. The molecule has 2 atom stereocenters. The molecule has 4 aliphatic rings. The first-order valence-corrected chi connectivity index (χ1v) is 12.8. The van der Waals surface area contributed by atoms with E-state index in [1.165, 1.54) is 0 Å². The van der Waals surface area contributed by atoms with E-state index in [0.29, 0.717) is 44.0 Å². The van der Waals surface area contributed by atoms with E-state index in [9.17, 15) is 27.6 Å². The minimum Gasteiger partial charge on any atom is -0.380 e. The van der Waals surface area contributed by atoms with E-state index < -0.39 is 18.1 Å². The van der Waals surface area contributed by atoms with Gasteiger partial charge < -0.3 is 15.0 Å². The SMILES string of the molecule is Cc1ccc2c(c1)CN(C1CCC(=O)NC1=O)C2=O.FC(F)(F)C1CCC(NC2CCCOC2)CC1. The van der Waals surface area contributed by atoms with Crippen LogP contribution >= 0.6 is 0 Å². The number of aryl methyl sites for hydroxylation is 1. The van der Waals surface area contributed by atoms with Crippen LogP contribution in [0.15, 0.2) is 18.2 Å². The predicted octanol–water partition coefficient (Wildman–Crippen LogP) is 3.63. The molecule has 0 aromatic heterocycles. The van der Waals surface area contributed by atoms with Crippen molar-refractivity contribution >= 4 is 17.7 Å². The van der Waals surface area contributed by atoms with Gasteiger partial charge in [0.2, 0.25) is 11.8 Å². The fraction of sp³-hybridized carbons (Fsp3) is 0.654. The van der Waals surface area contributed by atoms with Crippen molar-refractivity contribution in [1.82, 2.24) is 15.5 Å². The molecule has 36 heavy (non-hydrogen) atoms. The van der Waals surface area contributed by atoms with Crippen molar-refractivity contribution in [1.29, 1.82) is 0 Å². The Morgan fingerprint density at radius 1 is 1.03 bits per heavy atom. The van der Waals surface area contributed by atoms with Gasteiger partial charge in [-0.3, -0.25) is 19.7 Å². The zero-order chi connectivity index (χ0) is 25.9. The number of benzene rings is 1. The Morgan fingerprint density at radius 3 is 2.42 bits per heavy atom. The maximum atomic E-state index is 12.5. The first kappa shape index (κ1) is 26.6. The van der Waals surface area contributed by atoms with Crippen LogP contribution in [-0.2, 0) is 20.9 Å². The summed E-state index contributed by atoms with van der Waals surface area (Å²) >= 11 is 0. The first-order chi connectivity index (χ1) is 17.1. The van der Waals surface area contributed by atoms with Crippen LogP contribution in [0.25, 0.3) is 0 Å². The third-order valence-electron chi connectivity index (χ3n) is 7.50. The average molecular weight is 510 g/mol. The van der Waals surface area contributed by atoms with Crippen molar-refractivity contribution < 1.29 is 32.3 Å². The highest BCUT2D eigenvalue weighted by Crippen LogP contribution is 2.37. The summed E-state index contributed by atoms with van der Waals surface area (Å²) in [5.74, 6) is -1.83. The molecule has 1 saturated carbocycles. The Kier molecular flexibility index (Phi) is 8.34. The first-order valence-electron chi connectivity index (χ1n) is 12.8. The number of ether oxygens (including phenoxy) is 1. The second-order valence-corrected chi connectivity index (χ2v) is 10.2. The Labute approximate surface area is 209 Å². The molecule has 10 heteroatoms. The Balaban J connectivity index is 0.000000170. The van der Waals surface area contributed by atoms with Crippen LogP contribution in [0.3, 0.4) is 0 Å². The lowest BCUT2D eigenvalue weighted by Gasteiger charge is -2.34. The lowest BCUT2D eigenvalue weighted by atomic mass is 9.85. The van der Waals surface area contributed by atoms with Crippen molar-refractivity contribution in [2.24, 2.45) is 5.92 Å². The molecule has 0 radical (unpaired) electrons. The zero-order valence-electron chi connectivity index (χ0n) is 20.5. The summed E-state index contributed by atoms with van der Waals surface area (Å²) < 4.78 is 42.8. The predicted molar refractivity (Wildman–Crippen MR) is 126 cm³/mol. The number of nitrogens with one attached hydrogen (secondary N) is 2. The molecule has 1 aromatic rings. The third-order valence-corrected chi connectivity index (χ3v) is 7.50. The van der Waals surface area contributed by atoms with Gasteiger partial charge in [-0.2, -0.15) is 13.2 Å². The van der Waals surface area contributed by atoms with Crippen LogP contribution in [0.1, 0.15) is 72.9 Å². The maximum Gasteiger partial charge on any atom is 0.391 e. The molecule has 3 heterocycles. The van der Waals surface area contributed by atoms with Crippen LogP contribution < -0.4 is 10.6 Å². The number of fused-ring (bicyclic) bond motifs is 1. The fourth-order valence-corrected chi connectivity index (χ4v) is 5.50. The smallest absolute Gasteiger partial charge is 0.380 e. The number of rotatable bonds is 3. The summed E-state index contributed by atoms with van der Waals surface area (Å²) in [6.07, 6.45) is 0.650. The number of hydrogen-bond donors (Lipinski definition) is 2. The Hall–Kier alpha value is -2.46. The van der Waals surface area contributed by atoms with E-state index in [0.717, 1.165) is 30.6 Å². The minimum atomic E-state index is -4.00. The van der Waals surface area contributed by atoms with Gasteiger partial charge in [0.05, 0.1) is 12.5 Å². The molecule has 2 N–H and O–H groups in total. The molecule has 1 aromatic carbocycles. The number of carbonyl (C=O) groups is 3. The van der Waals surface area contributed by atoms with Crippen molar-refractivity contribution in [3.8, 4) is 0 Å². The highest BCUT2D eigenvalue weighted by atomic mass is 19.4. The molecule has 198 valence electrons. The van der Waals surface area contributed by atoms with Crippen LogP contribution in [-0.4, -0.2) is 60.1 Å². The standard InChI is InChI=1S/C14H14N2O3.C12H20F3NO/c1-8-2-3-10-9(6-8)7-16(14(10)19)11-4-5-12(17)15-13(11)18;13-12(14,15)9-3-5-10(6-4-9)16-11-2-1-7-17-8-11/h2-3,6,11H,4-5,7H2,1H3,(H,15,17,18);9-11,16H,1-8H2. The van der Waals surface area contributed by atoms with Gasteiger partial charge in [-0.05, 0) is 63.5 Å². The van der Waals surface area contributed by atoms with Crippen LogP contribution in [0.2, 0.25) is 0 Å². The zero-order valence-corrected chi connectivity index (χ0v) is 20.5. The second kappa shape index (κ2) is 11.3. The molecule has 0 spiro atoms. The van der Waals surface area contributed by atoms with Gasteiger partial charge in [0, 0.05) is 37.2 Å². The van der Waals surface area contributed by atoms with Gasteiger partial charge in [0.25, 0.3) is 5.91 Å². The minimum absolute atomic E-state index is 0.121. The quantitative estimate of drug-likeness (QED) is 0.608. The largest absolute Gasteiger partial charge is 0.391 e. The monoisotopic (exact) mass is 509 g/mol. The molecule has 2 unspecified atom stereocenters. The molecular weight excluding hydrogens is 475 g/mol. The van der Waals surface area contributed by atoms with Crippen LogP contribution in [0.5, 0.6) is 0 Å². The molecule has 3 amide bonds. The average Bonchev–Trinajstić information content (AvgIpc) is 3.15. The molecule has 7 nitrogen and oxygen atoms in total. The van der Waals surface area contributed by atoms with Crippen molar-refractivity contribution in [2.45, 2.75) is 89.1 Å². The molecule has 3 fully saturated rings. The van der Waals surface area contributed by atoms with Gasteiger partial charge in [0.15, 0.2) is 0 Å². The van der Waals surface area contributed by atoms with Crippen LogP contribution in [0.4, 0.5) is 13.2 Å². The van der Waals surface area contributed by atoms with Crippen molar-refractivity contribution in [3.63, 3.8) is 0 Å². The summed E-state index contributed by atoms with van der Waals surface area (Å²) in [7, 11) is 0. The van der Waals surface area contributed by atoms with Gasteiger partial charge >= 0.3 is 6.18 Å². The number of piperidine rings is 1. The highest BCUT2D eigenvalue weighted by Gasteiger charge is 2.42.